The minimum absolute atomic E-state index is 0.0650. The van der Waals surface area contributed by atoms with Gasteiger partial charge in [-0.05, 0) is 42.5 Å². The van der Waals surface area contributed by atoms with Crippen molar-refractivity contribution in [2.75, 3.05) is 33.4 Å². The fraction of sp³-hybridized carbons (Fsp3) is 0.238. The van der Waals surface area contributed by atoms with Crippen LogP contribution in [-0.2, 0) is 4.74 Å². The zero-order valence-electron chi connectivity index (χ0n) is 15.4. The van der Waals surface area contributed by atoms with Crippen LogP contribution >= 0.6 is 11.3 Å². The van der Waals surface area contributed by atoms with Crippen LogP contribution < -0.4 is 4.74 Å². The maximum absolute atomic E-state index is 12.7. The summed E-state index contributed by atoms with van der Waals surface area (Å²) in [5.41, 5.74) is 3.74. The maximum Gasteiger partial charge on any atom is 0.254 e. The Balaban J connectivity index is 1.48. The summed E-state index contributed by atoms with van der Waals surface area (Å²) in [6, 6.07) is 13.8. The molecule has 1 saturated heterocycles. The molecule has 0 unspecified atom stereocenters. The highest BCUT2D eigenvalue weighted by Crippen LogP contribution is 2.31. The van der Waals surface area contributed by atoms with E-state index in [4.69, 9.17) is 14.5 Å². The Morgan fingerprint density at radius 2 is 1.93 bits per heavy atom. The lowest BCUT2D eigenvalue weighted by atomic mass is 10.1. The second-order valence-electron chi connectivity index (χ2n) is 6.70. The number of aromatic nitrogens is 2. The number of hydrogen-bond donors (Lipinski definition) is 0. The fourth-order valence-corrected chi connectivity index (χ4v) is 4.53. The monoisotopic (exact) mass is 393 g/mol. The SMILES string of the molecule is COc1ccc(-c2cn3c(n2)sc2cc(C(=O)N4CCOCC4)ccc23)cc1. The van der Waals surface area contributed by atoms with Crippen molar-refractivity contribution < 1.29 is 14.3 Å². The van der Waals surface area contributed by atoms with Crippen molar-refractivity contribution in [3.05, 3.63) is 54.2 Å². The van der Waals surface area contributed by atoms with Crippen LogP contribution in [0.1, 0.15) is 10.4 Å². The average Bonchev–Trinajstić information content (AvgIpc) is 3.31. The van der Waals surface area contributed by atoms with Crippen molar-refractivity contribution in [2.45, 2.75) is 0 Å². The molecule has 0 N–H and O–H groups in total. The summed E-state index contributed by atoms with van der Waals surface area (Å²) in [6.45, 7) is 2.51. The second-order valence-corrected chi connectivity index (χ2v) is 7.71. The van der Waals surface area contributed by atoms with Crippen LogP contribution in [0.5, 0.6) is 5.75 Å². The summed E-state index contributed by atoms with van der Waals surface area (Å²) < 4.78 is 13.7. The number of carbonyl (C=O) groups excluding carboxylic acids is 1. The standard InChI is InChI=1S/C21H19N3O3S/c1-26-16-5-2-14(3-6-16)17-13-24-18-7-4-15(12-19(18)28-21(24)22-17)20(25)23-8-10-27-11-9-23/h2-7,12-13H,8-11H2,1H3. The number of amides is 1. The van der Waals surface area contributed by atoms with Crippen LogP contribution in [0.4, 0.5) is 0 Å². The molecule has 2 aromatic carbocycles. The van der Waals surface area contributed by atoms with Crippen molar-refractivity contribution in [2.24, 2.45) is 0 Å². The van der Waals surface area contributed by atoms with Gasteiger partial charge in [0.1, 0.15) is 5.75 Å². The van der Waals surface area contributed by atoms with Crippen molar-refractivity contribution in [1.29, 1.82) is 0 Å². The van der Waals surface area contributed by atoms with E-state index in [0.29, 0.717) is 31.9 Å². The molecule has 1 aliphatic rings. The van der Waals surface area contributed by atoms with E-state index in [1.54, 1.807) is 18.4 Å². The van der Waals surface area contributed by atoms with Gasteiger partial charge >= 0.3 is 0 Å². The van der Waals surface area contributed by atoms with Gasteiger partial charge in [0, 0.05) is 30.4 Å². The first-order valence-corrected chi connectivity index (χ1v) is 9.98. The number of rotatable bonds is 3. The number of nitrogens with zero attached hydrogens (tertiary/aromatic N) is 3. The molecule has 142 valence electrons. The first-order valence-electron chi connectivity index (χ1n) is 9.16. The molecule has 3 heterocycles. The molecule has 1 amide bonds. The quantitative estimate of drug-likeness (QED) is 0.533. The maximum atomic E-state index is 12.7. The van der Waals surface area contributed by atoms with Gasteiger partial charge in [-0.1, -0.05) is 11.3 Å². The fourth-order valence-electron chi connectivity index (χ4n) is 3.48. The molecule has 0 spiro atoms. The predicted molar refractivity (Wildman–Crippen MR) is 109 cm³/mol. The van der Waals surface area contributed by atoms with Gasteiger partial charge < -0.3 is 14.4 Å². The number of ether oxygens (including phenoxy) is 2. The Morgan fingerprint density at radius 1 is 1.14 bits per heavy atom. The lowest BCUT2D eigenvalue weighted by Gasteiger charge is -2.26. The van der Waals surface area contributed by atoms with Gasteiger partial charge in [-0.2, -0.15) is 0 Å². The number of benzene rings is 2. The molecule has 6 nitrogen and oxygen atoms in total. The van der Waals surface area contributed by atoms with Crippen molar-refractivity contribution in [3.8, 4) is 17.0 Å². The molecule has 1 aliphatic heterocycles. The number of carbonyl (C=O) groups is 1. The van der Waals surface area contributed by atoms with Crippen LogP contribution in [0.15, 0.2) is 48.7 Å². The number of imidazole rings is 1. The van der Waals surface area contributed by atoms with Crippen molar-refractivity contribution in [3.63, 3.8) is 0 Å². The van der Waals surface area contributed by atoms with Gasteiger partial charge in [-0.15, -0.1) is 0 Å². The number of methoxy groups -OCH3 is 1. The molecule has 0 radical (unpaired) electrons. The molecule has 7 heteroatoms. The molecule has 1 fully saturated rings. The lowest BCUT2D eigenvalue weighted by Crippen LogP contribution is -2.40. The third-order valence-corrected chi connectivity index (χ3v) is 6.04. The smallest absolute Gasteiger partial charge is 0.254 e. The Hall–Kier alpha value is -2.90. The third-order valence-electron chi connectivity index (χ3n) is 5.03. The highest BCUT2D eigenvalue weighted by atomic mass is 32.1. The van der Waals surface area contributed by atoms with Gasteiger partial charge in [0.25, 0.3) is 5.91 Å². The van der Waals surface area contributed by atoms with Crippen LogP contribution in [-0.4, -0.2) is 53.6 Å². The lowest BCUT2D eigenvalue weighted by molar-refractivity contribution is 0.0303. The predicted octanol–water partition coefficient (Wildman–Crippen LogP) is 3.70. The summed E-state index contributed by atoms with van der Waals surface area (Å²) >= 11 is 1.59. The molecular formula is C21H19N3O3S. The van der Waals surface area contributed by atoms with Gasteiger partial charge in [0.2, 0.25) is 0 Å². The molecule has 5 rings (SSSR count). The first kappa shape index (κ1) is 17.2. The number of hydrogen-bond acceptors (Lipinski definition) is 5. The summed E-state index contributed by atoms with van der Waals surface area (Å²) in [4.78, 5) is 20.3. The summed E-state index contributed by atoms with van der Waals surface area (Å²) in [7, 11) is 1.66. The van der Waals surface area contributed by atoms with E-state index in [1.807, 2.05) is 53.6 Å². The highest BCUT2D eigenvalue weighted by molar-refractivity contribution is 7.23. The second kappa shape index (κ2) is 6.92. The molecule has 0 aliphatic carbocycles. The van der Waals surface area contributed by atoms with E-state index in [2.05, 4.69) is 4.40 Å². The molecule has 28 heavy (non-hydrogen) atoms. The van der Waals surface area contributed by atoms with Crippen LogP contribution in [0.3, 0.4) is 0 Å². The molecule has 0 bridgehead atoms. The van der Waals surface area contributed by atoms with Crippen LogP contribution in [0.25, 0.3) is 26.4 Å². The van der Waals surface area contributed by atoms with Gasteiger partial charge in [-0.25, -0.2) is 4.98 Å². The zero-order valence-corrected chi connectivity index (χ0v) is 16.2. The Bertz CT molecular complexity index is 1160. The summed E-state index contributed by atoms with van der Waals surface area (Å²) in [5, 5.41) is 0. The van der Waals surface area contributed by atoms with Crippen LogP contribution in [0.2, 0.25) is 0 Å². The Kier molecular flexibility index (Phi) is 4.26. The molecule has 4 aromatic rings. The molecule has 2 aromatic heterocycles. The van der Waals surface area contributed by atoms with E-state index >= 15 is 0 Å². The number of fused-ring (bicyclic) bond motifs is 3. The van der Waals surface area contributed by atoms with E-state index in [1.165, 1.54) is 0 Å². The number of morpholine rings is 1. The number of thiazole rings is 1. The summed E-state index contributed by atoms with van der Waals surface area (Å²) in [6.07, 6.45) is 2.04. The van der Waals surface area contributed by atoms with E-state index < -0.39 is 0 Å². The van der Waals surface area contributed by atoms with E-state index in [0.717, 1.165) is 32.2 Å². The molecular weight excluding hydrogens is 374 g/mol. The van der Waals surface area contributed by atoms with Gasteiger partial charge in [0.15, 0.2) is 4.96 Å². The molecule has 0 atom stereocenters. The Morgan fingerprint density at radius 3 is 2.68 bits per heavy atom. The van der Waals surface area contributed by atoms with Crippen molar-refractivity contribution >= 4 is 32.4 Å². The minimum atomic E-state index is 0.0650. The zero-order chi connectivity index (χ0) is 19.1. The normalized spacial score (nSPS) is 14.7. The largest absolute Gasteiger partial charge is 0.497 e. The Labute approximate surface area is 165 Å². The van der Waals surface area contributed by atoms with Crippen molar-refractivity contribution in [1.82, 2.24) is 14.3 Å². The van der Waals surface area contributed by atoms with E-state index in [9.17, 15) is 4.79 Å². The average molecular weight is 393 g/mol. The highest BCUT2D eigenvalue weighted by Gasteiger charge is 2.19. The first-order chi connectivity index (χ1) is 13.7. The topological polar surface area (TPSA) is 56.1 Å². The van der Waals surface area contributed by atoms with Gasteiger partial charge in [-0.3, -0.25) is 9.20 Å². The van der Waals surface area contributed by atoms with E-state index in [-0.39, 0.29) is 5.91 Å². The summed E-state index contributed by atoms with van der Waals surface area (Å²) in [5.74, 6) is 0.892. The van der Waals surface area contributed by atoms with Crippen LogP contribution in [0, 0.1) is 0 Å². The minimum Gasteiger partial charge on any atom is -0.497 e. The van der Waals surface area contributed by atoms with Gasteiger partial charge in [0.05, 0.1) is 36.2 Å². The molecule has 0 saturated carbocycles. The third kappa shape index (κ3) is 2.93.